The average Bonchev–Trinajstić information content (AvgIpc) is 2.88. The highest BCUT2D eigenvalue weighted by atomic mass is 32.2. The van der Waals surface area contributed by atoms with Gasteiger partial charge in [0.1, 0.15) is 4.71 Å². The molecule has 2 aromatic rings. The summed E-state index contributed by atoms with van der Waals surface area (Å²) in [6.07, 6.45) is -3.02. The second-order valence-corrected chi connectivity index (χ2v) is 7.57. The molecule has 0 radical (unpaired) electrons. The fraction of sp³-hybridized carbons (Fsp3) is 0.111. The molecule has 4 nitrogen and oxygen atoms in total. The summed E-state index contributed by atoms with van der Waals surface area (Å²) in [5.41, 5.74) is -0.205. The molecule has 1 unspecified atom stereocenters. The lowest BCUT2D eigenvalue weighted by Gasteiger charge is -2.20. The topological polar surface area (TPSA) is 57.6 Å². The van der Waals surface area contributed by atoms with E-state index in [1.54, 1.807) is 12.1 Å². The maximum absolute atomic E-state index is 12.9. The number of halogens is 3. The van der Waals surface area contributed by atoms with Gasteiger partial charge in [-0.25, -0.2) is 4.79 Å². The molecule has 3 rings (SSSR count). The standard InChI is InChI=1S/C18H12F3NO3S2/c19-18(20,21)12-5-2-6-13(9-12)22-15(23)14(27-17(22)26)8-10-3-1-4-11(7-10)16(24)25/h1-9,17,26H,(H,24,25)/b14-8-. The molecule has 27 heavy (non-hydrogen) atoms. The van der Waals surface area contributed by atoms with Crippen LogP contribution in [0.15, 0.2) is 53.4 Å². The van der Waals surface area contributed by atoms with Crippen LogP contribution in [-0.2, 0) is 11.0 Å². The lowest BCUT2D eigenvalue weighted by molar-refractivity contribution is -0.137. The quantitative estimate of drug-likeness (QED) is 0.566. The summed E-state index contributed by atoms with van der Waals surface area (Å²) in [5, 5.41) is 9.04. The van der Waals surface area contributed by atoms with Gasteiger partial charge < -0.3 is 5.11 Å². The normalized spacial score (nSPS) is 19.0. The average molecular weight is 411 g/mol. The molecule has 1 saturated heterocycles. The number of hydrogen-bond acceptors (Lipinski definition) is 4. The largest absolute Gasteiger partial charge is 0.478 e. The number of rotatable bonds is 3. The summed E-state index contributed by atoms with van der Waals surface area (Å²) in [4.78, 5) is 25.2. The zero-order valence-electron chi connectivity index (χ0n) is 13.5. The molecule has 1 aliphatic rings. The monoisotopic (exact) mass is 411 g/mol. The van der Waals surface area contributed by atoms with Crippen molar-refractivity contribution in [2.45, 2.75) is 10.9 Å². The molecular formula is C18H12F3NO3S2. The molecule has 1 fully saturated rings. The Morgan fingerprint density at radius 3 is 2.56 bits per heavy atom. The van der Waals surface area contributed by atoms with Gasteiger partial charge in [0.15, 0.2) is 0 Å². The Morgan fingerprint density at radius 1 is 1.19 bits per heavy atom. The third-order valence-corrected chi connectivity index (χ3v) is 5.28. The van der Waals surface area contributed by atoms with E-state index in [2.05, 4.69) is 12.6 Å². The van der Waals surface area contributed by atoms with Crippen molar-refractivity contribution in [1.82, 2.24) is 0 Å². The van der Waals surface area contributed by atoms with E-state index in [9.17, 15) is 22.8 Å². The molecule has 0 bridgehead atoms. The van der Waals surface area contributed by atoms with Crippen LogP contribution in [0.5, 0.6) is 0 Å². The van der Waals surface area contributed by atoms with Gasteiger partial charge in [-0.05, 0) is 42.0 Å². The van der Waals surface area contributed by atoms with E-state index in [1.165, 1.54) is 30.3 Å². The molecule has 1 aliphatic heterocycles. The van der Waals surface area contributed by atoms with E-state index in [4.69, 9.17) is 5.11 Å². The second-order valence-electron chi connectivity index (χ2n) is 5.61. The van der Waals surface area contributed by atoms with Crippen molar-refractivity contribution in [1.29, 1.82) is 0 Å². The number of nitrogens with zero attached hydrogens (tertiary/aromatic N) is 1. The first kappa shape index (κ1) is 19.4. The van der Waals surface area contributed by atoms with Crippen LogP contribution in [0.3, 0.4) is 0 Å². The molecule has 0 saturated carbocycles. The molecule has 0 aliphatic carbocycles. The highest BCUT2D eigenvalue weighted by molar-refractivity contribution is 8.14. The van der Waals surface area contributed by atoms with Crippen molar-refractivity contribution in [3.63, 3.8) is 0 Å². The summed E-state index contributed by atoms with van der Waals surface area (Å²) in [6.45, 7) is 0. The SMILES string of the molecule is O=C(O)c1cccc(/C=C2\SC(S)N(c3cccc(C(F)(F)F)c3)C2=O)c1. The number of amides is 1. The molecule has 1 N–H and O–H groups in total. The van der Waals surface area contributed by atoms with Gasteiger partial charge >= 0.3 is 12.1 Å². The van der Waals surface area contributed by atoms with Crippen LogP contribution in [0.1, 0.15) is 21.5 Å². The van der Waals surface area contributed by atoms with E-state index in [0.717, 1.165) is 28.8 Å². The van der Waals surface area contributed by atoms with Crippen molar-refractivity contribution in [3.8, 4) is 0 Å². The zero-order valence-corrected chi connectivity index (χ0v) is 15.2. The number of aromatic carboxylic acids is 1. The molecule has 0 spiro atoms. The van der Waals surface area contributed by atoms with Gasteiger partial charge in [-0.15, -0.1) is 12.6 Å². The number of anilines is 1. The molecule has 140 valence electrons. The van der Waals surface area contributed by atoms with E-state index in [1.807, 2.05) is 0 Å². The van der Waals surface area contributed by atoms with Crippen LogP contribution in [0.2, 0.25) is 0 Å². The van der Waals surface area contributed by atoms with Gasteiger partial charge in [0.2, 0.25) is 0 Å². The second kappa shape index (κ2) is 7.32. The summed E-state index contributed by atoms with van der Waals surface area (Å²) in [7, 11) is 0. The lowest BCUT2D eigenvalue weighted by atomic mass is 10.1. The van der Waals surface area contributed by atoms with Crippen LogP contribution in [0.25, 0.3) is 6.08 Å². The minimum Gasteiger partial charge on any atom is -0.478 e. The number of thiol groups is 1. The van der Waals surface area contributed by atoms with Crippen molar-refractivity contribution in [2.75, 3.05) is 4.90 Å². The third kappa shape index (κ3) is 4.14. The Morgan fingerprint density at radius 2 is 1.89 bits per heavy atom. The highest BCUT2D eigenvalue weighted by Gasteiger charge is 2.37. The number of benzene rings is 2. The van der Waals surface area contributed by atoms with Gasteiger partial charge in [-0.3, -0.25) is 9.69 Å². The van der Waals surface area contributed by atoms with Crippen LogP contribution in [0, 0.1) is 0 Å². The van der Waals surface area contributed by atoms with Gasteiger partial charge in [-0.1, -0.05) is 30.0 Å². The van der Waals surface area contributed by atoms with Crippen LogP contribution in [-0.4, -0.2) is 21.7 Å². The number of hydrogen-bond donors (Lipinski definition) is 2. The zero-order chi connectivity index (χ0) is 19.8. The van der Waals surface area contributed by atoms with E-state index in [-0.39, 0.29) is 16.2 Å². The smallest absolute Gasteiger partial charge is 0.416 e. The molecule has 1 atom stereocenters. The van der Waals surface area contributed by atoms with Crippen LogP contribution < -0.4 is 4.90 Å². The highest BCUT2D eigenvalue weighted by Crippen LogP contribution is 2.42. The lowest BCUT2D eigenvalue weighted by Crippen LogP contribution is -2.29. The molecular weight excluding hydrogens is 399 g/mol. The van der Waals surface area contributed by atoms with Crippen molar-refractivity contribution >= 4 is 48.0 Å². The van der Waals surface area contributed by atoms with Gasteiger partial charge in [0.25, 0.3) is 5.91 Å². The fourth-order valence-electron chi connectivity index (χ4n) is 2.52. The maximum atomic E-state index is 12.9. The third-order valence-electron chi connectivity index (χ3n) is 3.77. The van der Waals surface area contributed by atoms with Gasteiger partial charge in [-0.2, -0.15) is 13.2 Å². The number of carbonyl (C=O) groups is 2. The van der Waals surface area contributed by atoms with Crippen LogP contribution in [0.4, 0.5) is 18.9 Å². The van der Waals surface area contributed by atoms with Gasteiger partial charge in [0, 0.05) is 5.69 Å². The molecule has 2 aromatic carbocycles. The number of carboxylic acid groups (broad SMARTS) is 1. The van der Waals surface area contributed by atoms with Gasteiger partial charge in [0.05, 0.1) is 16.0 Å². The number of thioether (sulfide) groups is 1. The Labute approximate surface area is 162 Å². The minimum absolute atomic E-state index is 0.0666. The predicted molar refractivity (Wildman–Crippen MR) is 101 cm³/mol. The molecule has 9 heteroatoms. The van der Waals surface area contributed by atoms with E-state index >= 15 is 0 Å². The first-order chi connectivity index (χ1) is 12.7. The predicted octanol–water partition coefficient (Wildman–Crippen LogP) is 4.74. The Bertz CT molecular complexity index is 943. The minimum atomic E-state index is -4.52. The fourth-order valence-corrected chi connectivity index (χ4v) is 4.05. The first-order valence-electron chi connectivity index (χ1n) is 7.57. The number of alkyl halides is 3. The van der Waals surface area contributed by atoms with Crippen molar-refractivity contribution in [2.24, 2.45) is 0 Å². The Kier molecular flexibility index (Phi) is 5.25. The van der Waals surface area contributed by atoms with Crippen LogP contribution >= 0.6 is 24.4 Å². The molecule has 1 heterocycles. The van der Waals surface area contributed by atoms with Crippen molar-refractivity contribution < 1.29 is 27.9 Å². The maximum Gasteiger partial charge on any atom is 0.416 e. The summed E-state index contributed by atoms with van der Waals surface area (Å²) in [6, 6.07) is 10.5. The first-order valence-corrected chi connectivity index (χ1v) is 8.97. The van der Waals surface area contributed by atoms with E-state index < -0.39 is 28.3 Å². The number of carbonyl (C=O) groups excluding carboxylic acids is 1. The van der Waals surface area contributed by atoms with E-state index in [0.29, 0.717) is 5.56 Å². The summed E-state index contributed by atoms with van der Waals surface area (Å²) < 4.78 is 38.1. The number of carboxylic acids is 1. The Hall–Kier alpha value is -2.39. The Balaban J connectivity index is 1.93. The van der Waals surface area contributed by atoms with Crippen molar-refractivity contribution in [3.05, 3.63) is 70.1 Å². The summed E-state index contributed by atoms with van der Waals surface area (Å²) in [5.74, 6) is -1.60. The molecule has 1 amide bonds. The summed E-state index contributed by atoms with van der Waals surface area (Å²) >= 11 is 5.37. The molecule has 0 aromatic heterocycles.